The van der Waals surface area contributed by atoms with Crippen molar-refractivity contribution < 1.29 is 0 Å². The fourth-order valence-corrected chi connectivity index (χ4v) is 2.32. The van der Waals surface area contributed by atoms with E-state index in [2.05, 4.69) is 68.6 Å². The van der Waals surface area contributed by atoms with E-state index in [0.29, 0.717) is 0 Å². The average molecular weight is 239 g/mol. The molecular weight excluding hydrogens is 218 g/mol. The van der Waals surface area contributed by atoms with Crippen LogP contribution in [-0.2, 0) is 13.0 Å². The number of nitrogens with one attached hydrogen (secondary N) is 1. The summed E-state index contributed by atoms with van der Waals surface area (Å²) >= 11 is 0. The van der Waals surface area contributed by atoms with Crippen LogP contribution in [0, 0.1) is 13.8 Å². The van der Waals surface area contributed by atoms with Gasteiger partial charge in [0.25, 0.3) is 0 Å². The standard InChI is InChI=1S/C17H21N/c1-4-15-10-13(2)17(14(3)11-15)18-12-16-8-6-5-7-9-16/h5-11,18H,4,12H2,1-3H3. The first-order chi connectivity index (χ1) is 8.70. The highest BCUT2D eigenvalue weighted by atomic mass is 14.9. The second kappa shape index (κ2) is 5.72. The molecule has 18 heavy (non-hydrogen) atoms. The predicted molar refractivity (Wildman–Crippen MR) is 79.1 cm³/mol. The smallest absolute Gasteiger partial charge is 0.0402 e. The maximum atomic E-state index is 3.55. The van der Waals surface area contributed by atoms with Crippen LogP contribution >= 0.6 is 0 Å². The van der Waals surface area contributed by atoms with Crippen molar-refractivity contribution >= 4 is 5.69 Å². The zero-order valence-electron chi connectivity index (χ0n) is 11.5. The first kappa shape index (κ1) is 12.7. The monoisotopic (exact) mass is 239 g/mol. The maximum Gasteiger partial charge on any atom is 0.0402 e. The molecule has 0 saturated carbocycles. The van der Waals surface area contributed by atoms with Crippen LogP contribution in [0.25, 0.3) is 0 Å². The third kappa shape index (κ3) is 2.92. The van der Waals surface area contributed by atoms with Gasteiger partial charge in [-0.15, -0.1) is 0 Å². The molecule has 0 fully saturated rings. The zero-order valence-corrected chi connectivity index (χ0v) is 11.5. The first-order valence-electron chi connectivity index (χ1n) is 6.58. The van der Waals surface area contributed by atoms with E-state index < -0.39 is 0 Å². The molecule has 0 atom stereocenters. The molecule has 2 rings (SSSR count). The summed E-state index contributed by atoms with van der Waals surface area (Å²) in [6, 6.07) is 15.1. The van der Waals surface area contributed by atoms with Gasteiger partial charge in [-0.25, -0.2) is 0 Å². The van der Waals surface area contributed by atoms with Crippen molar-refractivity contribution in [1.82, 2.24) is 0 Å². The van der Waals surface area contributed by atoms with Crippen molar-refractivity contribution in [2.45, 2.75) is 33.7 Å². The molecule has 0 aliphatic rings. The van der Waals surface area contributed by atoms with Crippen LogP contribution in [0.1, 0.15) is 29.2 Å². The minimum Gasteiger partial charge on any atom is -0.381 e. The highest BCUT2D eigenvalue weighted by Gasteiger charge is 2.04. The van der Waals surface area contributed by atoms with Crippen LogP contribution in [0.5, 0.6) is 0 Å². The van der Waals surface area contributed by atoms with E-state index in [9.17, 15) is 0 Å². The molecule has 0 amide bonds. The zero-order chi connectivity index (χ0) is 13.0. The van der Waals surface area contributed by atoms with Crippen LogP contribution < -0.4 is 5.32 Å². The van der Waals surface area contributed by atoms with Crippen molar-refractivity contribution in [2.24, 2.45) is 0 Å². The Labute approximate surface area is 110 Å². The highest BCUT2D eigenvalue weighted by molar-refractivity contribution is 5.58. The Morgan fingerprint density at radius 2 is 1.50 bits per heavy atom. The molecular formula is C17H21N. The molecule has 0 aliphatic heterocycles. The Morgan fingerprint density at radius 3 is 2.06 bits per heavy atom. The van der Waals surface area contributed by atoms with Crippen molar-refractivity contribution in [3.63, 3.8) is 0 Å². The third-order valence-corrected chi connectivity index (χ3v) is 3.31. The summed E-state index contributed by atoms with van der Waals surface area (Å²) in [5.41, 5.74) is 6.67. The molecule has 0 saturated heterocycles. The number of anilines is 1. The Balaban J connectivity index is 2.15. The number of aryl methyl sites for hydroxylation is 3. The topological polar surface area (TPSA) is 12.0 Å². The minimum absolute atomic E-state index is 0.883. The quantitative estimate of drug-likeness (QED) is 0.829. The van der Waals surface area contributed by atoms with Gasteiger partial charge in [-0.3, -0.25) is 0 Å². The van der Waals surface area contributed by atoms with Gasteiger partial charge < -0.3 is 5.32 Å². The van der Waals surface area contributed by atoms with Crippen molar-refractivity contribution in [1.29, 1.82) is 0 Å². The number of hydrogen-bond acceptors (Lipinski definition) is 1. The van der Waals surface area contributed by atoms with E-state index in [1.165, 1.54) is 27.9 Å². The van der Waals surface area contributed by atoms with Gasteiger partial charge >= 0.3 is 0 Å². The third-order valence-electron chi connectivity index (χ3n) is 3.31. The lowest BCUT2D eigenvalue weighted by Crippen LogP contribution is -2.03. The summed E-state index contributed by atoms with van der Waals surface area (Å²) in [6.45, 7) is 7.44. The summed E-state index contributed by atoms with van der Waals surface area (Å²) in [5, 5.41) is 3.55. The van der Waals surface area contributed by atoms with Crippen LogP contribution in [0.3, 0.4) is 0 Å². The predicted octanol–water partition coefficient (Wildman–Crippen LogP) is 4.48. The molecule has 0 unspecified atom stereocenters. The molecule has 1 N–H and O–H groups in total. The van der Waals surface area contributed by atoms with Gasteiger partial charge in [0.2, 0.25) is 0 Å². The average Bonchev–Trinajstić information content (AvgIpc) is 2.38. The molecule has 2 aromatic carbocycles. The molecule has 0 aliphatic carbocycles. The van der Waals surface area contributed by atoms with Gasteiger partial charge in [-0.1, -0.05) is 49.4 Å². The molecule has 1 nitrogen and oxygen atoms in total. The molecule has 2 aromatic rings. The number of rotatable bonds is 4. The van der Waals surface area contributed by atoms with Crippen LogP contribution in [0.2, 0.25) is 0 Å². The van der Waals surface area contributed by atoms with Gasteiger partial charge in [-0.2, -0.15) is 0 Å². The van der Waals surface area contributed by atoms with E-state index in [1.54, 1.807) is 0 Å². The largest absolute Gasteiger partial charge is 0.381 e. The Morgan fingerprint density at radius 1 is 0.889 bits per heavy atom. The molecule has 1 heteroatoms. The second-order valence-corrected chi connectivity index (χ2v) is 4.80. The lowest BCUT2D eigenvalue weighted by atomic mass is 10.0. The van der Waals surface area contributed by atoms with Gasteiger partial charge in [0.05, 0.1) is 0 Å². The SMILES string of the molecule is CCc1cc(C)c(NCc2ccccc2)c(C)c1. The van der Waals surface area contributed by atoms with Crippen LogP contribution in [-0.4, -0.2) is 0 Å². The van der Waals surface area contributed by atoms with E-state index in [1.807, 2.05) is 0 Å². The molecule has 0 aromatic heterocycles. The fraction of sp³-hybridized carbons (Fsp3) is 0.294. The summed E-state index contributed by atoms with van der Waals surface area (Å²) in [4.78, 5) is 0. The van der Waals surface area contributed by atoms with E-state index in [-0.39, 0.29) is 0 Å². The first-order valence-corrected chi connectivity index (χ1v) is 6.58. The fourth-order valence-electron chi connectivity index (χ4n) is 2.32. The lowest BCUT2D eigenvalue weighted by molar-refractivity contribution is 1.09. The number of hydrogen-bond donors (Lipinski definition) is 1. The summed E-state index contributed by atoms with van der Waals surface area (Å²) in [7, 11) is 0. The Bertz CT molecular complexity index is 491. The normalized spacial score (nSPS) is 10.4. The van der Waals surface area contributed by atoms with E-state index in [4.69, 9.17) is 0 Å². The summed E-state index contributed by atoms with van der Waals surface area (Å²) < 4.78 is 0. The van der Waals surface area contributed by atoms with E-state index in [0.717, 1.165) is 13.0 Å². The number of benzene rings is 2. The van der Waals surface area contributed by atoms with Gasteiger partial charge in [0.1, 0.15) is 0 Å². The van der Waals surface area contributed by atoms with Gasteiger partial charge in [0.15, 0.2) is 0 Å². The second-order valence-electron chi connectivity index (χ2n) is 4.80. The molecule has 0 heterocycles. The molecule has 0 spiro atoms. The molecule has 0 radical (unpaired) electrons. The van der Waals surface area contributed by atoms with Crippen LogP contribution in [0.4, 0.5) is 5.69 Å². The summed E-state index contributed by atoms with van der Waals surface area (Å²) in [5.74, 6) is 0. The van der Waals surface area contributed by atoms with Gasteiger partial charge in [0, 0.05) is 12.2 Å². The molecule has 94 valence electrons. The maximum absolute atomic E-state index is 3.55. The van der Waals surface area contributed by atoms with Crippen molar-refractivity contribution in [3.8, 4) is 0 Å². The summed E-state index contributed by atoms with van der Waals surface area (Å²) in [6.07, 6.45) is 1.10. The Hall–Kier alpha value is -1.76. The van der Waals surface area contributed by atoms with Crippen molar-refractivity contribution in [3.05, 3.63) is 64.7 Å². The molecule has 0 bridgehead atoms. The minimum atomic E-state index is 0.883. The van der Waals surface area contributed by atoms with Gasteiger partial charge in [-0.05, 0) is 42.5 Å². The van der Waals surface area contributed by atoms with E-state index >= 15 is 0 Å². The van der Waals surface area contributed by atoms with Crippen molar-refractivity contribution in [2.75, 3.05) is 5.32 Å². The van der Waals surface area contributed by atoms with Crippen LogP contribution in [0.15, 0.2) is 42.5 Å². The lowest BCUT2D eigenvalue weighted by Gasteiger charge is -2.14. The highest BCUT2D eigenvalue weighted by Crippen LogP contribution is 2.23. The Kier molecular flexibility index (Phi) is 4.03.